The third-order valence-corrected chi connectivity index (χ3v) is 3.86. The molecule has 1 aliphatic heterocycles. The van der Waals surface area contributed by atoms with E-state index in [0.29, 0.717) is 6.04 Å². The van der Waals surface area contributed by atoms with Crippen molar-refractivity contribution in [3.8, 4) is 0 Å². The Morgan fingerprint density at radius 3 is 3.00 bits per heavy atom. The van der Waals surface area contributed by atoms with Crippen LogP contribution in [0.5, 0.6) is 0 Å². The van der Waals surface area contributed by atoms with Crippen LogP contribution in [0.25, 0.3) is 0 Å². The number of carbonyl (C=O) groups is 1. The normalized spacial score (nSPS) is 19.7. The number of likely N-dealkylation sites (tertiary alicyclic amines) is 1. The van der Waals surface area contributed by atoms with Crippen LogP contribution >= 0.6 is 11.3 Å². The Bertz CT molecular complexity index is 412. The van der Waals surface area contributed by atoms with Gasteiger partial charge in [-0.2, -0.15) is 0 Å². The fourth-order valence-electron chi connectivity index (χ4n) is 2.08. The lowest BCUT2D eigenvalue weighted by Crippen LogP contribution is -2.38. The van der Waals surface area contributed by atoms with Gasteiger partial charge in [0, 0.05) is 30.6 Å². The first kappa shape index (κ1) is 14.3. The summed E-state index contributed by atoms with van der Waals surface area (Å²) in [6.45, 7) is 8.08. The van der Waals surface area contributed by atoms with Gasteiger partial charge in [0.2, 0.25) is 0 Å². The van der Waals surface area contributed by atoms with Crippen LogP contribution in [0.2, 0.25) is 0 Å². The van der Waals surface area contributed by atoms with Crippen LogP contribution in [0.1, 0.15) is 32.1 Å². The summed E-state index contributed by atoms with van der Waals surface area (Å²) < 4.78 is 5.38. The number of carbonyl (C=O) groups excluding carboxylic acids is 1. The molecule has 0 radical (unpaired) electrons. The summed E-state index contributed by atoms with van der Waals surface area (Å²) in [6.07, 6.45) is 0.790. The van der Waals surface area contributed by atoms with Crippen molar-refractivity contribution in [1.29, 1.82) is 0 Å². The lowest BCUT2D eigenvalue weighted by Gasteiger charge is -2.24. The highest BCUT2D eigenvalue weighted by atomic mass is 32.1. The van der Waals surface area contributed by atoms with Crippen molar-refractivity contribution in [2.24, 2.45) is 0 Å². The van der Waals surface area contributed by atoms with E-state index < -0.39 is 5.60 Å². The van der Waals surface area contributed by atoms with E-state index in [4.69, 9.17) is 4.74 Å². The van der Waals surface area contributed by atoms with Crippen LogP contribution in [0.3, 0.4) is 0 Å². The monoisotopic (exact) mass is 282 g/mol. The number of hydrogen-bond acceptors (Lipinski definition) is 4. The van der Waals surface area contributed by atoms with Crippen LogP contribution in [0, 0.1) is 0 Å². The molecule has 0 spiro atoms. The van der Waals surface area contributed by atoms with Gasteiger partial charge in [-0.3, -0.25) is 0 Å². The van der Waals surface area contributed by atoms with Gasteiger partial charge < -0.3 is 15.0 Å². The van der Waals surface area contributed by atoms with Crippen molar-refractivity contribution in [3.05, 3.63) is 22.4 Å². The van der Waals surface area contributed by atoms with Gasteiger partial charge in [0.15, 0.2) is 0 Å². The minimum absolute atomic E-state index is 0.201. The molecular formula is C14H22N2O2S. The predicted molar refractivity (Wildman–Crippen MR) is 77.4 cm³/mol. The molecule has 1 N–H and O–H groups in total. The third-order valence-electron chi connectivity index (χ3n) is 2.99. The molecule has 1 fully saturated rings. The van der Waals surface area contributed by atoms with Crippen LogP contribution in [-0.2, 0) is 11.3 Å². The zero-order chi connectivity index (χ0) is 13.9. The van der Waals surface area contributed by atoms with Gasteiger partial charge in [-0.05, 0) is 38.6 Å². The van der Waals surface area contributed by atoms with Crippen molar-refractivity contribution in [3.63, 3.8) is 0 Å². The van der Waals surface area contributed by atoms with E-state index in [2.05, 4.69) is 22.8 Å². The van der Waals surface area contributed by atoms with Gasteiger partial charge in [0.25, 0.3) is 0 Å². The number of hydrogen-bond donors (Lipinski definition) is 1. The molecular weight excluding hydrogens is 260 g/mol. The number of amides is 1. The largest absolute Gasteiger partial charge is 0.444 e. The first-order valence-corrected chi connectivity index (χ1v) is 7.56. The average molecular weight is 282 g/mol. The van der Waals surface area contributed by atoms with Crippen molar-refractivity contribution < 1.29 is 9.53 Å². The van der Waals surface area contributed by atoms with E-state index in [0.717, 1.165) is 26.1 Å². The molecule has 1 aliphatic rings. The molecule has 1 atom stereocenters. The van der Waals surface area contributed by atoms with Crippen LogP contribution in [0.15, 0.2) is 17.5 Å². The zero-order valence-corrected chi connectivity index (χ0v) is 12.6. The SMILES string of the molecule is CC(C)(C)OC(=O)N1CCC(NCc2cccs2)C1. The number of nitrogens with zero attached hydrogens (tertiary/aromatic N) is 1. The summed E-state index contributed by atoms with van der Waals surface area (Å²) in [5, 5.41) is 5.57. The van der Waals surface area contributed by atoms with Crippen molar-refractivity contribution in [2.45, 2.75) is 45.4 Å². The molecule has 0 saturated carbocycles. The molecule has 0 bridgehead atoms. The first-order chi connectivity index (χ1) is 8.94. The maximum absolute atomic E-state index is 11.9. The van der Waals surface area contributed by atoms with Crippen molar-refractivity contribution >= 4 is 17.4 Å². The quantitative estimate of drug-likeness (QED) is 0.927. The highest BCUT2D eigenvalue weighted by Gasteiger charge is 2.29. The summed E-state index contributed by atoms with van der Waals surface area (Å²) in [5.74, 6) is 0. The van der Waals surface area contributed by atoms with Gasteiger partial charge >= 0.3 is 6.09 Å². The molecule has 19 heavy (non-hydrogen) atoms. The molecule has 106 valence electrons. The number of rotatable bonds is 3. The molecule has 1 saturated heterocycles. The molecule has 2 heterocycles. The minimum Gasteiger partial charge on any atom is -0.444 e. The van der Waals surface area contributed by atoms with Crippen molar-refractivity contribution in [1.82, 2.24) is 10.2 Å². The number of ether oxygens (including phenoxy) is 1. The molecule has 4 nitrogen and oxygen atoms in total. The fourth-order valence-corrected chi connectivity index (χ4v) is 2.73. The van der Waals surface area contributed by atoms with Crippen LogP contribution < -0.4 is 5.32 Å². The van der Waals surface area contributed by atoms with Crippen molar-refractivity contribution in [2.75, 3.05) is 13.1 Å². The van der Waals surface area contributed by atoms with Crippen LogP contribution in [0.4, 0.5) is 4.79 Å². The summed E-state index contributed by atoms with van der Waals surface area (Å²) >= 11 is 1.75. The second-order valence-electron chi connectivity index (χ2n) is 5.87. The zero-order valence-electron chi connectivity index (χ0n) is 11.8. The average Bonchev–Trinajstić information content (AvgIpc) is 2.96. The first-order valence-electron chi connectivity index (χ1n) is 6.68. The highest BCUT2D eigenvalue weighted by Crippen LogP contribution is 2.16. The standard InChI is InChI=1S/C14H22N2O2S/c1-14(2,3)18-13(17)16-7-6-11(10-16)15-9-12-5-4-8-19-12/h4-5,8,11,15H,6-7,9-10H2,1-3H3. The van der Waals surface area contributed by atoms with Gasteiger partial charge in [0.05, 0.1) is 0 Å². The third kappa shape index (κ3) is 4.51. The Kier molecular flexibility index (Phi) is 4.47. The lowest BCUT2D eigenvalue weighted by molar-refractivity contribution is 0.0291. The Hall–Kier alpha value is -1.07. The van der Waals surface area contributed by atoms with E-state index >= 15 is 0 Å². The van der Waals surface area contributed by atoms with Crippen LogP contribution in [-0.4, -0.2) is 35.7 Å². The summed E-state index contributed by atoms with van der Waals surface area (Å²) in [5.41, 5.74) is -0.417. The van der Waals surface area contributed by atoms with Gasteiger partial charge in [-0.25, -0.2) is 4.79 Å². The predicted octanol–water partition coefficient (Wildman–Crippen LogP) is 2.85. The van der Waals surface area contributed by atoms with Gasteiger partial charge in [-0.1, -0.05) is 6.07 Å². The highest BCUT2D eigenvalue weighted by molar-refractivity contribution is 7.09. The molecule has 2 rings (SSSR count). The second kappa shape index (κ2) is 5.92. The fraction of sp³-hybridized carbons (Fsp3) is 0.643. The maximum atomic E-state index is 11.9. The van der Waals surface area contributed by atoms with E-state index in [1.54, 1.807) is 16.2 Å². The molecule has 1 unspecified atom stereocenters. The molecule has 1 amide bonds. The van der Waals surface area contributed by atoms with Gasteiger partial charge in [-0.15, -0.1) is 11.3 Å². The smallest absolute Gasteiger partial charge is 0.410 e. The Balaban J connectivity index is 1.75. The Labute approximate surface area is 118 Å². The number of thiophene rings is 1. The van der Waals surface area contributed by atoms with E-state index in [9.17, 15) is 4.79 Å². The minimum atomic E-state index is -0.417. The topological polar surface area (TPSA) is 41.6 Å². The van der Waals surface area contributed by atoms with E-state index in [1.807, 2.05) is 20.8 Å². The van der Waals surface area contributed by atoms with E-state index in [-0.39, 0.29) is 6.09 Å². The summed E-state index contributed by atoms with van der Waals surface area (Å²) in [6, 6.07) is 4.55. The Morgan fingerprint density at radius 2 is 2.37 bits per heavy atom. The molecule has 5 heteroatoms. The van der Waals surface area contributed by atoms with Gasteiger partial charge in [0.1, 0.15) is 5.60 Å². The summed E-state index contributed by atoms with van der Waals surface area (Å²) in [7, 11) is 0. The molecule has 1 aromatic rings. The number of nitrogens with one attached hydrogen (secondary N) is 1. The molecule has 0 aliphatic carbocycles. The molecule has 0 aromatic carbocycles. The Morgan fingerprint density at radius 1 is 1.58 bits per heavy atom. The second-order valence-corrected chi connectivity index (χ2v) is 6.90. The van der Waals surface area contributed by atoms with E-state index in [1.165, 1.54) is 4.88 Å². The summed E-state index contributed by atoms with van der Waals surface area (Å²) in [4.78, 5) is 15.0. The molecule has 1 aromatic heterocycles. The lowest BCUT2D eigenvalue weighted by atomic mass is 10.2. The maximum Gasteiger partial charge on any atom is 0.410 e.